The number of benzene rings is 2. The van der Waals surface area contributed by atoms with Crippen LogP contribution in [0.4, 0.5) is 5.69 Å². The van der Waals surface area contributed by atoms with E-state index in [0.29, 0.717) is 5.92 Å². The van der Waals surface area contributed by atoms with Crippen LogP contribution >= 0.6 is 0 Å². The largest absolute Gasteiger partial charge is 0.497 e. The lowest BCUT2D eigenvalue weighted by Gasteiger charge is -2.32. The molecule has 5 heteroatoms. The van der Waals surface area contributed by atoms with E-state index < -0.39 is 0 Å². The predicted molar refractivity (Wildman–Crippen MR) is 117 cm³/mol. The van der Waals surface area contributed by atoms with E-state index in [2.05, 4.69) is 12.1 Å². The molecule has 0 radical (unpaired) electrons. The molecule has 1 heterocycles. The molecule has 1 fully saturated rings. The second-order valence-electron chi connectivity index (χ2n) is 7.94. The summed E-state index contributed by atoms with van der Waals surface area (Å²) >= 11 is 0. The highest BCUT2D eigenvalue weighted by atomic mass is 16.5. The molecule has 3 rings (SSSR count). The molecule has 0 saturated carbocycles. The molecule has 1 aliphatic rings. The maximum absolute atomic E-state index is 12.8. The number of likely N-dealkylation sites (tertiary alicyclic amines) is 1. The molecule has 1 saturated heterocycles. The van der Waals surface area contributed by atoms with Gasteiger partial charge in [0.2, 0.25) is 0 Å². The molecule has 0 spiro atoms. The lowest BCUT2D eigenvalue weighted by Crippen LogP contribution is -2.38. The van der Waals surface area contributed by atoms with Gasteiger partial charge in [-0.2, -0.15) is 0 Å². The van der Waals surface area contributed by atoms with E-state index in [0.717, 1.165) is 61.5 Å². The van der Waals surface area contributed by atoms with Crippen molar-refractivity contribution in [2.75, 3.05) is 46.3 Å². The summed E-state index contributed by atoms with van der Waals surface area (Å²) in [6, 6.07) is 13.9. The maximum atomic E-state index is 12.8. The molecule has 0 bridgehead atoms. The third kappa shape index (κ3) is 5.43. The molecule has 29 heavy (non-hydrogen) atoms. The molecule has 5 nitrogen and oxygen atoms in total. The van der Waals surface area contributed by atoms with Crippen LogP contribution in [0.15, 0.2) is 42.5 Å². The molecule has 0 aliphatic carbocycles. The molecule has 2 aromatic rings. The highest BCUT2D eigenvalue weighted by molar-refractivity contribution is 5.94. The first-order chi connectivity index (χ1) is 14.0. The average Bonchev–Trinajstić information content (AvgIpc) is 2.77. The Hall–Kier alpha value is -2.69. The van der Waals surface area contributed by atoms with Crippen molar-refractivity contribution in [1.29, 1.82) is 0 Å². The van der Waals surface area contributed by atoms with Crippen LogP contribution in [0.3, 0.4) is 0 Å². The summed E-state index contributed by atoms with van der Waals surface area (Å²) < 4.78 is 10.7. The van der Waals surface area contributed by atoms with Gasteiger partial charge in [-0.15, -0.1) is 0 Å². The van der Waals surface area contributed by atoms with Crippen LogP contribution in [0, 0.1) is 5.92 Å². The summed E-state index contributed by atoms with van der Waals surface area (Å²) in [5.41, 5.74) is 3.12. The van der Waals surface area contributed by atoms with Gasteiger partial charge >= 0.3 is 0 Å². The third-order valence-electron chi connectivity index (χ3n) is 5.78. The van der Waals surface area contributed by atoms with Crippen LogP contribution in [-0.4, -0.2) is 52.2 Å². The van der Waals surface area contributed by atoms with Gasteiger partial charge in [0.15, 0.2) is 0 Å². The SMILES string of the molecule is COc1cc(CCC2CCN(C(=O)c3ccc(N(C)C)cc3)CC2)cc(OC)c1. The van der Waals surface area contributed by atoms with Crippen LogP contribution in [0.1, 0.15) is 35.2 Å². The average molecular weight is 397 g/mol. The molecule has 2 aromatic carbocycles. The molecule has 1 aliphatic heterocycles. The Morgan fingerprint density at radius 2 is 1.59 bits per heavy atom. The van der Waals surface area contributed by atoms with E-state index in [1.165, 1.54) is 5.56 Å². The number of anilines is 1. The minimum atomic E-state index is 0.145. The molecule has 0 aromatic heterocycles. The fraction of sp³-hybridized carbons (Fsp3) is 0.458. The first-order valence-electron chi connectivity index (χ1n) is 10.3. The van der Waals surface area contributed by atoms with Gasteiger partial charge in [-0.1, -0.05) is 0 Å². The van der Waals surface area contributed by atoms with Crippen molar-refractivity contribution in [3.05, 3.63) is 53.6 Å². The topological polar surface area (TPSA) is 42.0 Å². The second-order valence-corrected chi connectivity index (χ2v) is 7.94. The summed E-state index contributed by atoms with van der Waals surface area (Å²) in [7, 11) is 7.37. The first kappa shape index (κ1) is 21.0. The number of aryl methyl sites for hydroxylation is 1. The summed E-state index contributed by atoms with van der Waals surface area (Å²) in [6.07, 6.45) is 4.24. The number of carbonyl (C=O) groups is 1. The molecule has 156 valence electrons. The zero-order valence-corrected chi connectivity index (χ0v) is 18.0. The van der Waals surface area contributed by atoms with Crippen molar-refractivity contribution in [3.63, 3.8) is 0 Å². The highest BCUT2D eigenvalue weighted by Crippen LogP contribution is 2.27. The number of hydrogen-bond acceptors (Lipinski definition) is 4. The van der Waals surface area contributed by atoms with Crippen LogP contribution in [0.2, 0.25) is 0 Å². The van der Waals surface area contributed by atoms with Crippen LogP contribution < -0.4 is 14.4 Å². The summed E-state index contributed by atoms with van der Waals surface area (Å²) in [6.45, 7) is 1.67. The van der Waals surface area contributed by atoms with E-state index in [-0.39, 0.29) is 5.91 Å². The third-order valence-corrected chi connectivity index (χ3v) is 5.78. The van der Waals surface area contributed by atoms with Crippen molar-refractivity contribution in [3.8, 4) is 11.5 Å². The number of rotatable bonds is 7. The summed E-state index contributed by atoms with van der Waals surface area (Å²) in [4.78, 5) is 16.8. The molecular weight excluding hydrogens is 364 g/mol. The van der Waals surface area contributed by atoms with Gasteiger partial charge in [-0.25, -0.2) is 0 Å². The van der Waals surface area contributed by atoms with Gasteiger partial charge in [-0.3, -0.25) is 4.79 Å². The Labute approximate surface area is 174 Å². The number of nitrogens with zero attached hydrogens (tertiary/aromatic N) is 2. The fourth-order valence-corrected chi connectivity index (χ4v) is 3.89. The zero-order chi connectivity index (χ0) is 20.8. The molecule has 0 unspecified atom stereocenters. The molecular formula is C24H32N2O3. The number of ether oxygens (including phenoxy) is 2. The minimum absolute atomic E-state index is 0.145. The quantitative estimate of drug-likeness (QED) is 0.701. The van der Waals surface area contributed by atoms with E-state index in [1.807, 2.05) is 54.2 Å². The minimum Gasteiger partial charge on any atom is -0.497 e. The van der Waals surface area contributed by atoms with Crippen molar-refractivity contribution in [2.24, 2.45) is 5.92 Å². The monoisotopic (exact) mass is 396 g/mol. The predicted octanol–water partition coefficient (Wildman–Crippen LogP) is 4.25. The number of methoxy groups -OCH3 is 2. The number of carbonyl (C=O) groups excluding carboxylic acids is 1. The Balaban J connectivity index is 1.51. The van der Waals surface area contributed by atoms with Gasteiger partial charge < -0.3 is 19.3 Å². The van der Waals surface area contributed by atoms with Gasteiger partial charge in [0, 0.05) is 44.5 Å². The van der Waals surface area contributed by atoms with E-state index in [1.54, 1.807) is 14.2 Å². The summed E-state index contributed by atoms with van der Waals surface area (Å²) in [5, 5.41) is 0. The van der Waals surface area contributed by atoms with E-state index in [4.69, 9.17) is 9.47 Å². The Kier molecular flexibility index (Phi) is 7.02. The van der Waals surface area contributed by atoms with Gasteiger partial charge in [0.25, 0.3) is 5.91 Å². The Morgan fingerprint density at radius 1 is 1.00 bits per heavy atom. The maximum Gasteiger partial charge on any atom is 0.253 e. The highest BCUT2D eigenvalue weighted by Gasteiger charge is 2.23. The van der Waals surface area contributed by atoms with Gasteiger partial charge in [-0.05, 0) is 73.6 Å². The van der Waals surface area contributed by atoms with Crippen molar-refractivity contribution >= 4 is 11.6 Å². The second kappa shape index (κ2) is 9.68. The number of amides is 1. The van der Waals surface area contributed by atoms with E-state index >= 15 is 0 Å². The van der Waals surface area contributed by atoms with Crippen molar-refractivity contribution in [2.45, 2.75) is 25.7 Å². The molecule has 1 amide bonds. The lowest BCUT2D eigenvalue weighted by atomic mass is 9.90. The van der Waals surface area contributed by atoms with Crippen molar-refractivity contribution < 1.29 is 14.3 Å². The standard InChI is InChI=1S/C24H32N2O3/c1-25(2)21-9-7-20(8-10-21)24(27)26-13-11-18(12-14-26)5-6-19-15-22(28-3)17-23(16-19)29-4/h7-10,15-18H,5-6,11-14H2,1-4H3. The first-order valence-corrected chi connectivity index (χ1v) is 10.3. The fourth-order valence-electron chi connectivity index (χ4n) is 3.89. The molecule has 0 atom stereocenters. The van der Waals surface area contributed by atoms with Crippen LogP contribution in [0.5, 0.6) is 11.5 Å². The smallest absolute Gasteiger partial charge is 0.253 e. The van der Waals surface area contributed by atoms with Crippen LogP contribution in [-0.2, 0) is 6.42 Å². The number of piperidine rings is 1. The normalized spacial score (nSPS) is 14.6. The zero-order valence-electron chi connectivity index (χ0n) is 18.0. The lowest BCUT2D eigenvalue weighted by molar-refractivity contribution is 0.0687. The van der Waals surface area contributed by atoms with Crippen LogP contribution in [0.25, 0.3) is 0 Å². The van der Waals surface area contributed by atoms with Gasteiger partial charge in [0.05, 0.1) is 14.2 Å². The summed E-state index contributed by atoms with van der Waals surface area (Å²) in [5.74, 6) is 2.46. The van der Waals surface area contributed by atoms with Crippen molar-refractivity contribution in [1.82, 2.24) is 4.90 Å². The Morgan fingerprint density at radius 3 is 2.10 bits per heavy atom. The Bertz CT molecular complexity index is 787. The molecule has 0 N–H and O–H groups in total. The van der Waals surface area contributed by atoms with E-state index in [9.17, 15) is 4.79 Å². The van der Waals surface area contributed by atoms with Gasteiger partial charge in [0.1, 0.15) is 11.5 Å². The number of hydrogen-bond donors (Lipinski definition) is 0.